The van der Waals surface area contributed by atoms with E-state index in [4.69, 9.17) is 5.26 Å². The van der Waals surface area contributed by atoms with Gasteiger partial charge in [0.15, 0.2) is 6.29 Å². The number of pyridine rings is 1. The minimum atomic E-state index is -0.273. The van der Waals surface area contributed by atoms with Gasteiger partial charge in [-0.05, 0) is 18.1 Å². The zero-order valence-corrected chi connectivity index (χ0v) is 11.8. The molecule has 0 aliphatic carbocycles. The summed E-state index contributed by atoms with van der Waals surface area (Å²) in [4.78, 5) is 16.7. The standard InChI is InChI=1S/C14H16N6O/c1-8(2)11-12(9-3-4-10(5-15)16-6-9)19-14-17-7-18-20(14)13(11)21/h3-4,6,8,14,17-19H,7H2,1-2H3. The fourth-order valence-electron chi connectivity index (χ4n) is 2.55. The lowest BCUT2D eigenvalue weighted by molar-refractivity contribution is -0.132. The van der Waals surface area contributed by atoms with Gasteiger partial charge in [0.1, 0.15) is 11.8 Å². The molecule has 0 aromatic carbocycles. The second kappa shape index (κ2) is 5.16. The van der Waals surface area contributed by atoms with E-state index in [9.17, 15) is 4.79 Å². The monoisotopic (exact) mass is 284 g/mol. The quantitative estimate of drug-likeness (QED) is 0.713. The van der Waals surface area contributed by atoms with Crippen LogP contribution in [0.1, 0.15) is 25.1 Å². The largest absolute Gasteiger partial charge is 0.351 e. The number of fused-ring (bicyclic) bond motifs is 1. The molecule has 1 aromatic heterocycles. The lowest BCUT2D eigenvalue weighted by Gasteiger charge is -2.34. The molecule has 0 bridgehead atoms. The number of nitrogens with one attached hydrogen (secondary N) is 3. The maximum Gasteiger partial charge on any atom is 0.269 e. The Labute approximate surface area is 122 Å². The molecular formula is C14H16N6O. The van der Waals surface area contributed by atoms with Crippen LogP contribution >= 0.6 is 0 Å². The minimum Gasteiger partial charge on any atom is -0.351 e. The van der Waals surface area contributed by atoms with Crippen LogP contribution in [0.25, 0.3) is 5.70 Å². The lowest BCUT2D eigenvalue weighted by Crippen LogP contribution is -2.56. The second-order valence-corrected chi connectivity index (χ2v) is 5.25. The van der Waals surface area contributed by atoms with Crippen molar-refractivity contribution in [2.45, 2.75) is 20.1 Å². The van der Waals surface area contributed by atoms with E-state index in [1.807, 2.05) is 26.0 Å². The fraction of sp³-hybridized carbons (Fsp3) is 0.357. The molecule has 2 aliphatic rings. The molecule has 1 saturated heterocycles. The summed E-state index contributed by atoms with van der Waals surface area (Å²) in [6, 6.07) is 5.45. The van der Waals surface area contributed by atoms with Gasteiger partial charge in [0.05, 0.1) is 12.4 Å². The molecule has 2 aliphatic heterocycles. The van der Waals surface area contributed by atoms with Gasteiger partial charge in [-0.2, -0.15) is 5.26 Å². The molecule has 3 N–H and O–H groups in total. The van der Waals surface area contributed by atoms with Crippen molar-refractivity contribution >= 4 is 11.6 Å². The number of hydrazine groups is 1. The van der Waals surface area contributed by atoms with Crippen molar-refractivity contribution < 1.29 is 4.79 Å². The molecule has 1 amide bonds. The third kappa shape index (κ3) is 2.24. The molecule has 21 heavy (non-hydrogen) atoms. The lowest BCUT2D eigenvalue weighted by atomic mass is 9.95. The van der Waals surface area contributed by atoms with Crippen LogP contribution in [-0.2, 0) is 4.79 Å². The highest BCUT2D eigenvalue weighted by Crippen LogP contribution is 2.28. The van der Waals surface area contributed by atoms with Gasteiger partial charge in [0, 0.05) is 17.3 Å². The van der Waals surface area contributed by atoms with Crippen LogP contribution in [0.3, 0.4) is 0 Å². The first-order valence-corrected chi connectivity index (χ1v) is 6.79. The van der Waals surface area contributed by atoms with Crippen LogP contribution in [0, 0.1) is 17.2 Å². The summed E-state index contributed by atoms with van der Waals surface area (Å²) in [6.45, 7) is 4.50. The maximum absolute atomic E-state index is 12.6. The second-order valence-electron chi connectivity index (χ2n) is 5.25. The number of nitriles is 1. The van der Waals surface area contributed by atoms with Crippen molar-refractivity contribution in [3.8, 4) is 6.07 Å². The maximum atomic E-state index is 12.6. The van der Waals surface area contributed by atoms with E-state index in [0.29, 0.717) is 17.9 Å². The summed E-state index contributed by atoms with van der Waals surface area (Å²) in [5.41, 5.74) is 5.63. The Bertz CT molecular complexity index is 642. The number of rotatable bonds is 2. The number of carbonyl (C=O) groups excluding carboxylic acids is 1. The molecule has 1 fully saturated rings. The number of aromatic nitrogens is 1. The van der Waals surface area contributed by atoms with Crippen molar-refractivity contribution in [1.82, 2.24) is 26.1 Å². The molecule has 1 unspecified atom stereocenters. The zero-order chi connectivity index (χ0) is 15.0. The van der Waals surface area contributed by atoms with E-state index in [0.717, 1.165) is 11.3 Å². The highest BCUT2D eigenvalue weighted by molar-refractivity contribution is 6.02. The molecule has 0 saturated carbocycles. The first-order chi connectivity index (χ1) is 10.1. The van der Waals surface area contributed by atoms with E-state index in [1.54, 1.807) is 17.3 Å². The van der Waals surface area contributed by atoms with E-state index in [-0.39, 0.29) is 18.1 Å². The highest BCUT2D eigenvalue weighted by atomic mass is 16.2. The van der Waals surface area contributed by atoms with Crippen LogP contribution in [-0.4, -0.2) is 28.9 Å². The number of hydrogen-bond donors (Lipinski definition) is 3. The molecule has 108 valence electrons. The van der Waals surface area contributed by atoms with Crippen molar-refractivity contribution in [3.63, 3.8) is 0 Å². The predicted octanol–water partition coefficient (Wildman–Crippen LogP) is 0.101. The summed E-state index contributed by atoms with van der Waals surface area (Å²) in [7, 11) is 0. The van der Waals surface area contributed by atoms with Crippen molar-refractivity contribution in [2.24, 2.45) is 5.92 Å². The summed E-state index contributed by atoms with van der Waals surface area (Å²) >= 11 is 0. The van der Waals surface area contributed by atoms with Gasteiger partial charge in [0.2, 0.25) is 0 Å². The summed E-state index contributed by atoms with van der Waals surface area (Å²) in [5, 5.41) is 16.9. The van der Waals surface area contributed by atoms with Gasteiger partial charge in [-0.25, -0.2) is 15.4 Å². The number of nitrogens with zero attached hydrogens (tertiary/aromatic N) is 3. The number of carbonyl (C=O) groups is 1. The molecule has 7 nitrogen and oxygen atoms in total. The molecule has 1 atom stereocenters. The van der Waals surface area contributed by atoms with Gasteiger partial charge < -0.3 is 5.32 Å². The van der Waals surface area contributed by atoms with Gasteiger partial charge in [0.25, 0.3) is 5.91 Å². The molecular weight excluding hydrogens is 268 g/mol. The Morgan fingerprint density at radius 2 is 2.29 bits per heavy atom. The Kier molecular flexibility index (Phi) is 3.33. The Balaban J connectivity index is 2.06. The fourth-order valence-corrected chi connectivity index (χ4v) is 2.55. The average molecular weight is 284 g/mol. The Morgan fingerprint density at radius 3 is 2.90 bits per heavy atom. The van der Waals surface area contributed by atoms with Crippen LogP contribution in [0.15, 0.2) is 23.9 Å². The molecule has 0 radical (unpaired) electrons. The van der Waals surface area contributed by atoms with E-state index < -0.39 is 0 Å². The highest BCUT2D eigenvalue weighted by Gasteiger charge is 2.38. The molecule has 7 heteroatoms. The van der Waals surface area contributed by atoms with E-state index in [1.165, 1.54) is 0 Å². The van der Waals surface area contributed by atoms with E-state index >= 15 is 0 Å². The van der Waals surface area contributed by atoms with Crippen molar-refractivity contribution in [2.75, 3.05) is 6.67 Å². The summed E-state index contributed by atoms with van der Waals surface area (Å²) < 4.78 is 0. The number of amides is 1. The van der Waals surface area contributed by atoms with Crippen LogP contribution < -0.4 is 16.1 Å². The van der Waals surface area contributed by atoms with Crippen molar-refractivity contribution in [1.29, 1.82) is 5.26 Å². The SMILES string of the molecule is CC(C)C1=C(c2ccc(C#N)nc2)NC2NCNN2C1=O. The average Bonchev–Trinajstić information content (AvgIpc) is 2.95. The number of hydrogen-bond acceptors (Lipinski definition) is 6. The normalized spacial score (nSPS) is 21.3. The predicted molar refractivity (Wildman–Crippen MR) is 75.6 cm³/mol. The topological polar surface area (TPSA) is 93.1 Å². The van der Waals surface area contributed by atoms with Gasteiger partial charge in [-0.1, -0.05) is 13.8 Å². The van der Waals surface area contributed by atoms with Crippen LogP contribution in [0.5, 0.6) is 0 Å². The van der Waals surface area contributed by atoms with Crippen molar-refractivity contribution in [3.05, 3.63) is 35.2 Å². The zero-order valence-electron chi connectivity index (χ0n) is 11.8. The molecule has 0 spiro atoms. The van der Waals surface area contributed by atoms with E-state index in [2.05, 4.69) is 21.0 Å². The summed E-state index contributed by atoms with van der Waals surface area (Å²) in [5.74, 6) is 0.0251. The van der Waals surface area contributed by atoms with Gasteiger partial charge in [-0.15, -0.1) is 0 Å². The smallest absolute Gasteiger partial charge is 0.269 e. The first-order valence-electron chi connectivity index (χ1n) is 6.79. The molecule has 3 heterocycles. The minimum absolute atomic E-state index is 0.0434. The Hall–Kier alpha value is -2.43. The first kappa shape index (κ1) is 13.5. The third-order valence-electron chi connectivity index (χ3n) is 3.55. The molecule has 1 aromatic rings. The van der Waals surface area contributed by atoms with Crippen LogP contribution in [0.2, 0.25) is 0 Å². The van der Waals surface area contributed by atoms with Gasteiger partial charge in [-0.3, -0.25) is 10.1 Å². The van der Waals surface area contributed by atoms with Gasteiger partial charge >= 0.3 is 0 Å². The van der Waals surface area contributed by atoms with Crippen LogP contribution in [0.4, 0.5) is 0 Å². The summed E-state index contributed by atoms with van der Waals surface area (Å²) in [6.07, 6.45) is 1.35. The third-order valence-corrected chi connectivity index (χ3v) is 3.55. The molecule has 3 rings (SSSR count). The Morgan fingerprint density at radius 1 is 1.48 bits per heavy atom.